The van der Waals surface area contributed by atoms with Gasteiger partial charge in [0.2, 0.25) is 0 Å². The first-order valence-corrected chi connectivity index (χ1v) is 13.4. The average molecular weight is 581 g/mol. The molecular weight excluding hydrogens is 551 g/mol. The number of pyridine rings is 2. The maximum atomic E-state index is 14.8. The van der Waals surface area contributed by atoms with Gasteiger partial charge in [0, 0.05) is 11.8 Å². The van der Waals surface area contributed by atoms with Gasteiger partial charge < -0.3 is 19.8 Å². The number of anilines is 2. The van der Waals surface area contributed by atoms with Crippen molar-refractivity contribution in [3.05, 3.63) is 45.2 Å². The maximum Gasteiger partial charge on any atom is 0.425 e. The minimum Gasteiger partial charge on any atom is -0.443 e. The van der Waals surface area contributed by atoms with Crippen molar-refractivity contribution in [3.8, 4) is 0 Å². The molecule has 0 radical (unpaired) electrons. The largest absolute Gasteiger partial charge is 0.443 e. The monoisotopic (exact) mass is 580 g/mol. The molecule has 3 heterocycles. The third-order valence-electron chi connectivity index (χ3n) is 4.92. The van der Waals surface area contributed by atoms with E-state index < -0.39 is 46.0 Å². The van der Waals surface area contributed by atoms with E-state index in [9.17, 15) is 18.8 Å². The number of halogens is 2. The molecule has 2 N–H and O–H groups in total. The average Bonchev–Trinajstić information content (AvgIpc) is 2.80. The highest BCUT2D eigenvalue weighted by molar-refractivity contribution is 7.98. The van der Waals surface area contributed by atoms with Crippen LogP contribution in [-0.4, -0.2) is 49.6 Å². The Balaban J connectivity index is 2.13. The van der Waals surface area contributed by atoms with E-state index in [1.807, 2.05) is 0 Å². The molecule has 0 bridgehead atoms. The van der Waals surface area contributed by atoms with Gasteiger partial charge in [0.05, 0.1) is 6.04 Å². The fourth-order valence-corrected chi connectivity index (χ4v) is 3.95. The van der Waals surface area contributed by atoms with Crippen molar-refractivity contribution >= 4 is 58.1 Å². The molecule has 39 heavy (non-hydrogen) atoms. The Labute approximate surface area is 233 Å². The lowest BCUT2D eigenvalue weighted by atomic mass is 10.1. The van der Waals surface area contributed by atoms with Gasteiger partial charge in [0.15, 0.2) is 16.8 Å². The van der Waals surface area contributed by atoms with Crippen LogP contribution in [0.3, 0.4) is 0 Å². The van der Waals surface area contributed by atoms with Crippen molar-refractivity contribution in [1.29, 1.82) is 0 Å². The van der Waals surface area contributed by atoms with E-state index in [1.54, 1.807) is 66.9 Å². The third kappa shape index (κ3) is 7.15. The zero-order valence-corrected chi connectivity index (χ0v) is 24.4. The number of hydrogen-bond donors (Lipinski definition) is 2. The second kappa shape index (κ2) is 11.3. The van der Waals surface area contributed by atoms with Crippen LogP contribution in [0.4, 0.5) is 25.6 Å². The summed E-state index contributed by atoms with van der Waals surface area (Å²) in [5.41, 5.74) is -2.44. The lowest BCUT2D eigenvalue weighted by Crippen LogP contribution is -2.44. The lowest BCUT2D eigenvalue weighted by molar-refractivity contribution is 0.0428. The standard InChI is InChI=1S/C25H30ClFN6O5S/c1-12(29-18-14-16(30-21(32-18)39-8)15(27)17(26)31-20(14)34)13-10-9-11-28-19(13)33(22(35)37-24(2,3)4)23(36)38-25(5,6)7/h9-12H,1-8H3,(H,31,34)(H,29,30,32)/t12-/m1/s1. The van der Waals surface area contributed by atoms with E-state index in [-0.39, 0.29) is 27.7 Å². The number of ether oxygens (including phenoxy) is 2. The van der Waals surface area contributed by atoms with Gasteiger partial charge >= 0.3 is 12.2 Å². The predicted molar refractivity (Wildman–Crippen MR) is 148 cm³/mol. The van der Waals surface area contributed by atoms with Crippen LogP contribution in [0, 0.1) is 5.82 Å². The Morgan fingerprint density at radius 2 is 1.72 bits per heavy atom. The fraction of sp³-hybridized carbons (Fsp3) is 0.440. The number of hydrogen-bond acceptors (Lipinski definition) is 10. The first kappa shape index (κ1) is 30.1. The molecule has 0 saturated heterocycles. The Morgan fingerprint density at radius 1 is 1.13 bits per heavy atom. The number of carbonyl (C=O) groups is 2. The number of H-pyrrole nitrogens is 1. The van der Waals surface area contributed by atoms with Crippen LogP contribution in [-0.2, 0) is 9.47 Å². The first-order valence-electron chi connectivity index (χ1n) is 11.8. The van der Waals surface area contributed by atoms with Crippen LogP contribution >= 0.6 is 23.4 Å². The van der Waals surface area contributed by atoms with Gasteiger partial charge in [-0.15, -0.1) is 0 Å². The molecule has 0 aliphatic carbocycles. The molecule has 0 aliphatic rings. The molecular formula is C25H30ClFN6O5S. The molecule has 0 aromatic carbocycles. The number of aromatic amines is 1. The van der Waals surface area contributed by atoms with Crippen molar-refractivity contribution in [2.45, 2.75) is 70.9 Å². The van der Waals surface area contributed by atoms with E-state index in [0.29, 0.717) is 10.5 Å². The zero-order valence-electron chi connectivity index (χ0n) is 22.8. The van der Waals surface area contributed by atoms with Crippen LogP contribution in [0.1, 0.15) is 60.1 Å². The van der Waals surface area contributed by atoms with Gasteiger partial charge in [-0.25, -0.2) is 28.9 Å². The van der Waals surface area contributed by atoms with Crippen molar-refractivity contribution in [3.63, 3.8) is 0 Å². The number of carbonyl (C=O) groups excluding carboxylic acids is 2. The molecule has 0 spiro atoms. The van der Waals surface area contributed by atoms with Crippen LogP contribution in [0.2, 0.25) is 5.15 Å². The highest BCUT2D eigenvalue weighted by Gasteiger charge is 2.35. The highest BCUT2D eigenvalue weighted by atomic mass is 35.5. The molecule has 3 aromatic rings. The Hall–Kier alpha value is -3.45. The fourth-order valence-electron chi connectivity index (χ4n) is 3.41. The van der Waals surface area contributed by atoms with E-state index in [4.69, 9.17) is 21.1 Å². The molecule has 3 rings (SSSR count). The normalized spacial score (nSPS) is 12.7. The summed E-state index contributed by atoms with van der Waals surface area (Å²) in [5.74, 6) is -0.945. The summed E-state index contributed by atoms with van der Waals surface area (Å²) in [6, 6.07) is 2.52. The minimum atomic E-state index is -0.991. The number of nitrogens with one attached hydrogen (secondary N) is 2. The molecule has 0 aliphatic heterocycles. The Kier molecular flexibility index (Phi) is 8.75. The number of nitrogens with zero attached hydrogens (tertiary/aromatic N) is 4. The SMILES string of the molecule is CSc1nc(N[C@H](C)c2cccnc2N(C(=O)OC(C)(C)C)C(=O)OC(C)(C)C)c2c(=O)[nH]c(Cl)c(F)c2n1. The molecule has 11 nitrogen and oxygen atoms in total. The number of aromatic nitrogens is 4. The molecule has 210 valence electrons. The van der Waals surface area contributed by atoms with Crippen LogP contribution in [0.25, 0.3) is 10.9 Å². The quantitative estimate of drug-likeness (QED) is 0.207. The summed E-state index contributed by atoms with van der Waals surface area (Å²) in [6.07, 6.45) is 1.12. The van der Waals surface area contributed by atoms with E-state index >= 15 is 0 Å². The van der Waals surface area contributed by atoms with Crippen LogP contribution < -0.4 is 15.8 Å². The number of thioether (sulfide) groups is 1. The molecule has 0 fully saturated rings. The number of fused-ring (bicyclic) bond motifs is 1. The second-order valence-corrected chi connectivity index (χ2v) is 11.6. The molecule has 1 atom stereocenters. The number of amides is 2. The lowest BCUT2D eigenvalue weighted by Gasteiger charge is -2.29. The van der Waals surface area contributed by atoms with Crippen molar-refractivity contribution in [2.24, 2.45) is 0 Å². The Bertz CT molecular complexity index is 1440. The van der Waals surface area contributed by atoms with Gasteiger partial charge in [0.25, 0.3) is 5.56 Å². The highest BCUT2D eigenvalue weighted by Crippen LogP contribution is 2.32. The maximum absolute atomic E-state index is 14.8. The minimum absolute atomic E-state index is 0.0181. The van der Waals surface area contributed by atoms with Gasteiger partial charge in [-0.3, -0.25) is 4.79 Å². The summed E-state index contributed by atoms with van der Waals surface area (Å²) in [4.78, 5) is 54.8. The second-order valence-electron chi connectivity index (χ2n) is 10.4. The summed E-state index contributed by atoms with van der Waals surface area (Å²) in [5, 5.41) is 2.63. The van der Waals surface area contributed by atoms with Gasteiger partial charge in [-0.05, 0) is 60.8 Å². The smallest absolute Gasteiger partial charge is 0.425 e. The van der Waals surface area contributed by atoms with Gasteiger partial charge in [-0.1, -0.05) is 29.4 Å². The molecule has 0 saturated carbocycles. The van der Waals surface area contributed by atoms with E-state index in [1.165, 1.54) is 6.20 Å². The Morgan fingerprint density at radius 3 is 2.26 bits per heavy atom. The van der Waals surface area contributed by atoms with Crippen LogP contribution in [0.5, 0.6) is 0 Å². The summed E-state index contributed by atoms with van der Waals surface area (Å²) < 4.78 is 25.8. The van der Waals surface area contributed by atoms with Crippen molar-refractivity contribution < 1.29 is 23.5 Å². The summed E-state index contributed by atoms with van der Waals surface area (Å²) >= 11 is 6.97. The third-order valence-corrected chi connectivity index (χ3v) is 5.73. The molecule has 14 heteroatoms. The molecule has 3 aromatic heterocycles. The van der Waals surface area contributed by atoms with Gasteiger partial charge in [0.1, 0.15) is 33.1 Å². The van der Waals surface area contributed by atoms with Crippen molar-refractivity contribution in [1.82, 2.24) is 19.9 Å². The first-order chi connectivity index (χ1) is 18.0. The zero-order chi connectivity index (χ0) is 29.3. The summed E-state index contributed by atoms with van der Waals surface area (Å²) in [7, 11) is 0. The number of rotatable bonds is 5. The van der Waals surface area contributed by atoms with E-state index in [0.717, 1.165) is 11.8 Å². The van der Waals surface area contributed by atoms with Crippen LogP contribution in [0.15, 0.2) is 28.3 Å². The predicted octanol–water partition coefficient (Wildman–Crippen LogP) is 6.08. The van der Waals surface area contributed by atoms with Crippen molar-refractivity contribution in [2.75, 3.05) is 16.5 Å². The number of imide groups is 1. The van der Waals surface area contributed by atoms with Gasteiger partial charge in [-0.2, -0.15) is 4.90 Å². The molecule has 2 amide bonds. The topological polar surface area (TPSA) is 139 Å². The summed E-state index contributed by atoms with van der Waals surface area (Å²) in [6.45, 7) is 11.7. The van der Waals surface area contributed by atoms with E-state index in [2.05, 4.69) is 25.3 Å². The molecule has 0 unspecified atom stereocenters.